The fraction of sp³-hybridized carbons (Fsp3) is 0.286. The third kappa shape index (κ3) is 2.67. The number of hydrogen-bond acceptors (Lipinski definition) is 4. The highest BCUT2D eigenvalue weighted by Crippen LogP contribution is 2.21. The summed E-state index contributed by atoms with van der Waals surface area (Å²) in [5.74, 6) is 0. The van der Waals surface area contributed by atoms with E-state index in [1.807, 2.05) is 24.7 Å². The largest absolute Gasteiger partial charge is 0.306 e. The average molecular weight is 272 g/mol. The summed E-state index contributed by atoms with van der Waals surface area (Å²) in [5, 5.41) is 8.89. The summed E-state index contributed by atoms with van der Waals surface area (Å²) in [6.07, 6.45) is 2.06. The molecule has 0 saturated carbocycles. The number of benzene rings is 1. The molecule has 19 heavy (non-hydrogen) atoms. The molecule has 0 unspecified atom stereocenters. The fourth-order valence-electron chi connectivity index (χ4n) is 2.12. The third-order valence-electron chi connectivity index (χ3n) is 3.04. The van der Waals surface area contributed by atoms with Crippen molar-refractivity contribution in [3.63, 3.8) is 0 Å². The van der Waals surface area contributed by atoms with Crippen molar-refractivity contribution in [2.45, 2.75) is 20.0 Å². The lowest BCUT2D eigenvalue weighted by Crippen LogP contribution is -2.12. The molecule has 0 saturated heterocycles. The van der Waals surface area contributed by atoms with Gasteiger partial charge in [-0.1, -0.05) is 12.1 Å². The molecule has 2 heterocycles. The molecule has 1 N–H and O–H groups in total. The summed E-state index contributed by atoms with van der Waals surface area (Å²) < 4.78 is 3.10. The number of aryl methyl sites for hydroxylation is 2. The van der Waals surface area contributed by atoms with Gasteiger partial charge in [-0.25, -0.2) is 4.98 Å². The number of hydrogen-bond donors (Lipinski definition) is 1. The molecule has 0 radical (unpaired) electrons. The summed E-state index contributed by atoms with van der Waals surface area (Å²) in [5.41, 5.74) is 3.41. The molecule has 3 aromatic rings. The fourth-order valence-corrected chi connectivity index (χ4v) is 3.06. The van der Waals surface area contributed by atoms with Crippen molar-refractivity contribution in [2.75, 3.05) is 0 Å². The molecule has 5 heteroatoms. The second-order valence-corrected chi connectivity index (χ2v) is 5.71. The number of para-hydroxylation sites is 1. The Morgan fingerprint density at radius 2 is 2.11 bits per heavy atom. The molecule has 2 aromatic heterocycles. The summed E-state index contributed by atoms with van der Waals surface area (Å²) in [4.78, 5) is 4.61. The second-order valence-electron chi connectivity index (χ2n) is 4.59. The van der Waals surface area contributed by atoms with E-state index in [1.54, 1.807) is 11.3 Å². The predicted molar refractivity (Wildman–Crippen MR) is 78.1 cm³/mol. The molecule has 3 rings (SSSR count). The van der Waals surface area contributed by atoms with Crippen molar-refractivity contribution >= 4 is 21.6 Å². The van der Waals surface area contributed by atoms with Crippen molar-refractivity contribution in [3.8, 4) is 0 Å². The number of nitrogens with one attached hydrogen (secondary N) is 1. The van der Waals surface area contributed by atoms with Crippen LogP contribution >= 0.6 is 11.3 Å². The standard InChI is InChI=1S/C14H16N4S/c1-10-11(9-18(2)17-10)7-15-8-14-16-12-5-3-4-6-13(12)19-14/h3-6,9,15H,7-8H2,1-2H3. The van der Waals surface area contributed by atoms with Crippen molar-refractivity contribution < 1.29 is 0 Å². The van der Waals surface area contributed by atoms with Gasteiger partial charge in [0.1, 0.15) is 5.01 Å². The van der Waals surface area contributed by atoms with Crippen LogP contribution in [-0.2, 0) is 20.1 Å². The van der Waals surface area contributed by atoms with E-state index in [0.29, 0.717) is 0 Å². The lowest BCUT2D eigenvalue weighted by Gasteiger charge is -2.00. The number of thiazole rings is 1. The lowest BCUT2D eigenvalue weighted by atomic mass is 10.2. The first-order chi connectivity index (χ1) is 9.22. The number of rotatable bonds is 4. The highest BCUT2D eigenvalue weighted by molar-refractivity contribution is 7.18. The van der Waals surface area contributed by atoms with E-state index >= 15 is 0 Å². The minimum Gasteiger partial charge on any atom is -0.306 e. The Balaban J connectivity index is 1.64. The van der Waals surface area contributed by atoms with Crippen LogP contribution in [0.2, 0.25) is 0 Å². The Labute approximate surface area is 116 Å². The van der Waals surface area contributed by atoms with E-state index in [0.717, 1.165) is 29.3 Å². The Hall–Kier alpha value is -1.72. The van der Waals surface area contributed by atoms with Crippen LogP contribution in [0.5, 0.6) is 0 Å². The Morgan fingerprint density at radius 1 is 1.26 bits per heavy atom. The highest BCUT2D eigenvalue weighted by Gasteiger charge is 2.05. The van der Waals surface area contributed by atoms with E-state index in [2.05, 4.69) is 39.8 Å². The zero-order valence-corrected chi connectivity index (χ0v) is 11.9. The van der Waals surface area contributed by atoms with Gasteiger partial charge in [-0.2, -0.15) is 5.10 Å². The molecule has 0 amide bonds. The molecular formula is C14H16N4S. The first-order valence-electron chi connectivity index (χ1n) is 6.26. The average Bonchev–Trinajstić information content (AvgIpc) is 2.92. The minimum absolute atomic E-state index is 0.799. The highest BCUT2D eigenvalue weighted by atomic mass is 32.1. The van der Waals surface area contributed by atoms with Crippen molar-refractivity contribution in [1.82, 2.24) is 20.1 Å². The normalized spacial score (nSPS) is 11.3. The molecule has 0 atom stereocenters. The molecule has 0 bridgehead atoms. The molecule has 0 aliphatic rings. The van der Waals surface area contributed by atoms with Gasteiger partial charge < -0.3 is 5.32 Å². The molecule has 4 nitrogen and oxygen atoms in total. The van der Waals surface area contributed by atoms with Crippen LogP contribution in [-0.4, -0.2) is 14.8 Å². The van der Waals surface area contributed by atoms with E-state index in [-0.39, 0.29) is 0 Å². The maximum absolute atomic E-state index is 4.61. The molecule has 1 aromatic carbocycles. The van der Waals surface area contributed by atoms with Crippen LogP contribution in [0.4, 0.5) is 0 Å². The first-order valence-corrected chi connectivity index (χ1v) is 7.08. The zero-order chi connectivity index (χ0) is 13.2. The van der Waals surface area contributed by atoms with Crippen molar-refractivity contribution in [3.05, 3.63) is 46.7 Å². The molecule has 0 aliphatic heterocycles. The van der Waals surface area contributed by atoms with E-state index in [9.17, 15) is 0 Å². The van der Waals surface area contributed by atoms with Gasteiger partial charge in [0.05, 0.1) is 15.9 Å². The smallest absolute Gasteiger partial charge is 0.108 e. The Morgan fingerprint density at radius 3 is 2.84 bits per heavy atom. The lowest BCUT2D eigenvalue weighted by molar-refractivity contribution is 0.688. The topological polar surface area (TPSA) is 42.7 Å². The van der Waals surface area contributed by atoms with Crippen LogP contribution in [0.25, 0.3) is 10.2 Å². The van der Waals surface area contributed by atoms with Gasteiger partial charge in [0, 0.05) is 31.9 Å². The van der Waals surface area contributed by atoms with Crippen molar-refractivity contribution in [1.29, 1.82) is 0 Å². The van der Waals surface area contributed by atoms with Gasteiger partial charge in [0.15, 0.2) is 0 Å². The number of aromatic nitrogens is 3. The van der Waals surface area contributed by atoms with Crippen LogP contribution in [0.1, 0.15) is 16.3 Å². The number of nitrogens with zero attached hydrogens (tertiary/aromatic N) is 3. The van der Waals surface area contributed by atoms with Crippen molar-refractivity contribution in [2.24, 2.45) is 7.05 Å². The monoisotopic (exact) mass is 272 g/mol. The quantitative estimate of drug-likeness (QED) is 0.794. The van der Waals surface area contributed by atoms with Gasteiger partial charge in [-0.3, -0.25) is 4.68 Å². The predicted octanol–water partition coefficient (Wildman–Crippen LogP) is 2.63. The Bertz CT molecular complexity index is 665. The van der Waals surface area contributed by atoms with E-state index in [4.69, 9.17) is 0 Å². The van der Waals surface area contributed by atoms with Gasteiger partial charge in [-0.15, -0.1) is 11.3 Å². The molecular weight excluding hydrogens is 256 g/mol. The van der Waals surface area contributed by atoms with Crippen LogP contribution < -0.4 is 5.32 Å². The second kappa shape index (κ2) is 5.11. The summed E-state index contributed by atoms with van der Waals surface area (Å²) in [6, 6.07) is 8.25. The first kappa shape index (κ1) is 12.3. The Kier molecular flexibility index (Phi) is 3.31. The van der Waals surface area contributed by atoms with Crippen LogP contribution in [0, 0.1) is 6.92 Å². The summed E-state index contributed by atoms with van der Waals surface area (Å²) in [7, 11) is 1.95. The van der Waals surface area contributed by atoms with Gasteiger partial charge in [0.25, 0.3) is 0 Å². The summed E-state index contributed by atoms with van der Waals surface area (Å²) in [6.45, 7) is 3.66. The zero-order valence-electron chi connectivity index (χ0n) is 11.1. The maximum Gasteiger partial charge on any atom is 0.108 e. The van der Waals surface area contributed by atoms with E-state index in [1.165, 1.54) is 10.3 Å². The molecule has 0 fully saturated rings. The van der Waals surface area contributed by atoms with Gasteiger partial charge in [-0.05, 0) is 19.1 Å². The number of fused-ring (bicyclic) bond motifs is 1. The summed E-state index contributed by atoms with van der Waals surface area (Å²) >= 11 is 1.75. The molecule has 0 spiro atoms. The van der Waals surface area contributed by atoms with E-state index < -0.39 is 0 Å². The van der Waals surface area contributed by atoms with Crippen LogP contribution in [0.15, 0.2) is 30.5 Å². The van der Waals surface area contributed by atoms with Gasteiger partial charge >= 0.3 is 0 Å². The maximum atomic E-state index is 4.61. The van der Waals surface area contributed by atoms with Gasteiger partial charge in [0.2, 0.25) is 0 Å². The SMILES string of the molecule is Cc1nn(C)cc1CNCc1nc2ccccc2s1. The minimum atomic E-state index is 0.799. The third-order valence-corrected chi connectivity index (χ3v) is 4.08. The molecule has 98 valence electrons. The molecule has 0 aliphatic carbocycles. The van der Waals surface area contributed by atoms with Crippen LogP contribution in [0.3, 0.4) is 0 Å².